The monoisotopic (exact) mass is 277 g/mol. The van der Waals surface area contributed by atoms with Crippen molar-refractivity contribution in [1.82, 2.24) is 20.6 Å². The number of amides is 1. The molecule has 2 aromatic heterocycles. The van der Waals surface area contributed by atoms with Crippen LogP contribution in [0.3, 0.4) is 0 Å². The number of carbonyl (C=O) groups is 1. The van der Waals surface area contributed by atoms with E-state index in [0.29, 0.717) is 16.7 Å². The van der Waals surface area contributed by atoms with Gasteiger partial charge in [-0.3, -0.25) is 15.6 Å². The summed E-state index contributed by atoms with van der Waals surface area (Å²) in [4.78, 5) is 15.9. The number of rotatable bonds is 4. The Hall–Kier alpha value is -2.21. The molecule has 1 atom stereocenters. The average Bonchev–Trinajstić information content (AvgIpc) is 2.46. The summed E-state index contributed by atoms with van der Waals surface area (Å²) in [7, 11) is 0. The fourth-order valence-corrected chi connectivity index (χ4v) is 1.46. The summed E-state index contributed by atoms with van der Waals surface area (Å²) in [6, 6.07) is 8.61. The maximum atomic E-state index is 11.9. The van der Waals surface area contributed by atoms with E-state index in [9.17, 15) is 4.79 Å². The zero-order valence-electron chi connectivity index (χ0n) is 10.2. The number of hydrogen-bond donors (Lipinski definition) is 2. The van der Waals surface area contributed by atoms with Gasteiger partial charge in [0.2, 0.25) is 5.91 Å². The molecule has 7 heteroatoms. The third kappa shape index (κ3) is 3.62. The molecule has 98 valence electrons. The quantitative estimate of drug-likeness (QED) is 0.833. The summed E-state index contributed by atoms with van der Waals surface area (Å²) in [5.41, 5.74) is 5.83. The van der Waals surface area contributed by atoms with Crippen molar-refractivity contribution in [2.45, 2.75) is 12.8 Å². The number of nitrogens with one attached hydrogen (secondary N) is 2. The summed E-state index contributed by atoms with van der Waals surface area (Å²) >= 11 is 5.64. The molecule has 0 aliphatic heterocycles. The number of nitrogens with zero attached hydrogens (tertiary/aromatic N) is 3. The van der Waals surface area contributed by atoms with Crippen molar-refractivity contribution in [3.63, 3.8) is 0 Å². The molecule has 0 aromatic carbocycles. The Morgan fingerprint density at radius 1 is 1.26 bits per heavy atom. The van der Waals surface area contributed by atoms with Gasteiger partial charge in [0.05, 0.1) is 11.6 Å². The van der Waals surface area contributed by atoms with Crippen LogP contribution >= 0.6 is 11.6 Å². The van der Waals surface area contributed by atoms with E-state index in [-0.39, 0.29) is 5.91 Å². The maximum absolute atomic E-state index is 11.9. The number of anilines is 1. The van der Waals surface area contributed by atoms with Crippen molar-refractivity contribution in [2.24, 2.45) is 0 Å². The summed E-state index contributed by atoms with van der Waals surface area (Å²) in [5.74, 6) is -0.117. The molecule has 0 radical (unpaired) electrons. The molecule has 2 aromatic rings. The van der Waals surface area contributed by atoms with Gasteiger partial charge in [0.1, 0.15) is 5.82 Å². The lowest BCUT2D eigenvalue weighted by atomic mass is 10.1. The van der Waals surface area contributed by atoms with Gasteiger partial charge in [-0.25, -0.2) is 4.98 Å². The molecule has 0 bridgehead atoms. The summed E-state index contributed by atoms with van der Waals surface area (Å²) in [5, 5.41) is 7.87. The van der Waals surface area contributed by atoms with Crippen LogP contribution in [-0.4, -0.2) is 21.1 Å². The first kappa shape index (κ1) is 13.2. The number of aromatic nitrogens is 3. The molecule has 0 aliphatic rings. The second-order valence-electron chi connectivity index (χ2n) is 3.83. The summed E-state index contributed by atoms with van der Waals surface area (Å²) in [6.45, 7) is 1.73. The highest BCUT2D eigenvalue weighted by molar-refractivity contribution is 6.29. The molecule has 0 saturated heterocycles. The highest BCUT2D eigenvalue weighted by Gasteiger charge is 2.16. The van der Waals surface area contributed by atoms with Gasteiger partial charge >= 0.3 is 0 Å². The Morgan fingerprint density at radius 3 is 2.74 bits per heavy atom. The highest BCUT2D eigenvalue weighted by atomic mass is 35.5. The number of hydrazine groups is 1. The molecule has 6 nitrogen and oxygen atoms in total. The van der Waals surface area contributed by atoms with E-state index < -0.39 is 5.92 Å². The average molecular weight is 278 g/mol. The molecule has 0 saturated carbocycles. The largest absolute Gasteiger partial charge is 0.282 e. The van der Waals surface area contributed by atoms with Gasteiger partial charge in [-0.15, -0.1) is 5.10 Å². The van der Waals surface area contributed by atoms with Gasteiger partial charge in [0, 0.05) is 6.20 Å². The first-order chi connectivity index (χ1) is 9.16. The van der Waals surface area contributed by atoms with Crippen molar-refractivity contribution >= 4 is 23.3 Å². The fourth-order valence-electron chi connectivity index (χ4n) is 1.36. The van der Waals surface area contributed by atoms with Crippen molar-refractivity contribution in [3.8, 4) is 0 Å². The minimum atomic E-state index is -0.444. The zero-order chi connectivity index (χ0) is 13.7. The molecule has 2 heterocycles. The number of pyridine rings is 1. The van der Waals surface area contributed by atoms with Crippen LogP contribution in [-0.2, 0) is 4.79 Å². The third-order valence-corrected chi connectivity index (χ3v) is 2.67. The van der Waals surface area contributed by atoms with Crippen LogP contribution in [0.4, 0.5) is 5.82 Å². The van der Waals surface area contributed by atoms with E-state index in [1.165, 1.54) is 0 Å². The Morgan fingerprint density at radius 2 is 2.11 bits per heavy atom. The lowest BCUT2D eigenvalue weighted by Gasteiger charge is -2.12. The molecule has 1 amide bonds. The van der Waals surface area contributed by atoms with Crippen LogP contribution in [0.5, 0.6) is 0 Å². The lowest BCUT2D eigenvalue weighted by molar-refractivity contribution is -0.121. The normalized spacial score (nSPS) is 11.7. The molecule has 0 spiro atoms. The second kappa shape index (κ2) is 6.10. The lowest BCUT2D eigenvalue weighted by Crippen LogP contribution is -2.33. The molecular weight excluding hydrogens is 266 g/mol. The maximum Gasteiger partial charge on any atom is 0.247 e. The Kier molecular flexibility index (Phi) is 4.25. The standard InChI is InChI=1S/C12H12ClN5O/c1-8(9-5-6-10(13)16-15-9)12(19)18-17-11-4-2-3-7-14-11/h2-8H,1H3,(H,14,17)(H,18,19). The van der Waals surface area contributed by atoms with E-state index in [1.54, 1.807) is 37.4 Å². The van der Waals surface area contributed by atoms with E-state index in [4.69, 9.17) is 11.6 Å². The van der Waals surface area contributed by atoms with Crippen molar-refractivity contribution in [1.29, 1.82) is 0 Å². The van der Waals surface area contributed by atoms with E-state index >= 15 is 0 Å². The minimum absolute atomic E-state index is 0.234. The smallest absolute Gasteiger partial charge is 0.247 e. The summed E-state index contributed by atoms with van der Waals surface area (Å²) < 4.78 is 0. The highest BCUT2D eigenvalue weighted by Crippen LogP contribution is 2.13. The topological polar surface area (TPSA) is 79.8 Å². The second-order valence-corrected chi connectivity index (χ2v) is 4.22. The molecular formula is C12H12ClN5O. The minimum Gasteiger partial charge on any atom is -0.282 e. The van der Waals surface area contributed by atoms with Crippen LogP contribution in [0.2, 0.25) is 5.15 Å². The first-order valence-corrected chi connectivity index (χ1v) is 6.00. The number of halogens is 1. The van der Waals surface area contributed by atoms with Gasteiger partial charge in [-0.1, -0.05) is 17.7 Å². The predicted octanol–water partition coefficient (Wildman–Crippen LogP) is 1.77. The number of carbonyl (C=O) groups excluding carboxylic acids is 1. The van der Waals surface area contributed by atoms with Gasteiger partial charge in [-0.2, -0.15) is 5.10 Å². The van der Waals surface area contributed by atoms with Crippen LogP contribution in [0.25, 0.3) is 0 Å². The molecule has 19 heavy (non-hydrogen) atoms. The van der Waals surface area contributed by atoms with Gasteiger partial charge in [0.25, 0.3) is 0 Å². The molecule has 1 unspecified atom stereocenters. The van der Waals surface area contributed by atoms with E-state index in [1.807, 2.05) is 6.07 Å². The third-order valence-electron chi connectivity index (χ3n) is 2.47. The summed E-state index contributed by atoms with van der Waals surface area (Å²) in [6.07, 6.45) is 1.63. The van der Waals surface area contributed by atoms with Crippen molar-refractivity contribution in [3.05, 3.63) is 47.4 Å². The predicted molar refractivity (Wildman–Crippen MR) is 71.5 cm³/mol. The SMILES string of the molecule is CC(C(=O)NNc1ccccn1)c1ccc(Cl)nn1. The fraction of sp³-hybridized carbons (Fsp3) is 0.167. The molecule has 0 fully saturated rings. The number of hydrogen-bond acceptors (Lipinski definition) is 5. The van der Waals surface area contributed by atoms with Gasteiger partial charge < -0.3 is 0 Å². The van der Waals surface area contributed by atoms with Gasteiger partial charge in [0.15, 0.2) is 5.15 Å². The van der Waals surface area contributed by atoms with E-state index in [0.717, 1.165) is 0 Å². The van der Waals surface area contributed by atoms with Crippen LogP contribution in [0.1, 0.15) is 18.5 Å². The van der Waals surface area contributed by atoms with E-state index in [2.05, 4.69) is 26.0 Å². The van der Waals surface area contributed by atoms with Crippen LogP contribution in [0.15, 0.2) is 36.5 Å². The molecule has 2 N–H and O–H groups in total. The molecule has 2 rings (SSSR count). The Bertz CT molecular complexity index is 546. The van der Waals surface area contributed by atoms with Crippen LogP contribution < -0.4 is 10.9 Å². The van der Waals surface area contributed by atoms with Crippen molar-refractivity contribution in [2.75, 3.05) is 5.43 Å². The Balaban J connectivity index is 1.94. The van der Waals surface area contributed by atoms with Crippen molar-refractivity contribution < 1.29 is 4.79 Å². The Labute approximate surface area is 115 Å². The first-order valence-electron chi connectivity index (χ1n) is 5.63. The zero-order valence-corrected chi connectivity index (χ0v) is 10.9. The van der Waals surface area contributed by atoms with Crippen LogP contribution in [0, 0.1) is 0 Å². The molecule has 0 aliphatic carbocycles. The van der Waals surface area contributed by atoms with Gasteiger partial charge in [-0.05, 0) is 31.2 Å².